The highest BCUT2D eigenvalue weighted by atomic mass is 35.5. The molecule has 1 aromatic heterocycles. The Morgan fingerprint density at radius 1 is 1.15 bits per heavy atom. The molecule has 3 rings (SSSR count). The Labute approximate surface area is 157 Å². The van der Waals surface area contributed by atoms with Crippen molar-refractivity contribution in [3.8, 4) is 11.4 Å². The molecule has 6 nitrogen and oxygen atoms in total. The predicted octanol–water partition coefficient (Wildman–Crippen LogP) is 3.66. The van der Waals surface area contributed by atoms with E-state index in [0.717, 1.165) is 11.1 Å². The summed E-state index contributed by atoms with van der Waals surface area (Å²) >= 11 is 5.96. The van der Waals surface area contributed by atoms with Gasteiger partial charge in [-0.15, -0.1) is 0 Å². The van der Waals surface area contributed by atoms with Crippen molar-refractivity contribution in [2.24, 2.45) is 0 Å². The van der Waals surface area contributed by atoms with Crippen LogP contribution < -0.4 is 0 Å². The minimum Gasteiger partial charge on any atom is -0.338 e. The number of halogens is 1. The molecule has 0 fully saturated rings. The first-order valence-electron chi connectivity index (χ1n) is 7.92. The lowest BCUT2D eigenvalue weighted by atomic mass is 10.1. The summed E-state index contributed by atoms with van der Waals surface area (Å²) in [4.78, 5) is 4.26. The van der Waals surface area contributed by atoms with Crippen molar-refractivity contribution in [3.05, 3.63) is 70.6 Å². The topological polar surface area (TPSA) is 76.3 Å². The van der Waals surface area contributed by atoms with Crippen LogP contribution in [0.4, 0.5) is 0 Å². The van der Waals surface area contributed by atoms with Crippen molar-refractivity contribution in [3.63, 3.8) is 0 Å². The Bertz CT molecular complexity index is 1020. The summed E-state index contributed by atoms with van der Waals surface area (Å²) in [6.07, 6.45) is 0. The molecule has 0 radical (unpaired) electrons. The van der Waals surface area contributed by atoms with Gasteiger partial charge in [0, 0.05) is 17.6 Å². The minimum absolute atomic E-state index is 0.00177. The third kappa shape index (κ3) is 4.30. The zero-order valence-corrected chi connectivity index (χ0v) is 16.0. The second kappa shape index (κ2) is 7.57. The highest BCUT2D eigenvalue weighted by Gasteiger charge is 2.22. The lowest BCUT2D eigenvalue weighted by Crippen LogP contribution is -2.28. The number of benzene rings is 2. The second-order valence-electron chi connectivity index (χ2n) is 5.96. The number of aromatic nitrogens is 2. The van der Waals surface area contributed by atoms with Crippen molar-refractivity contribution < 1.29 is 12.9 Å². The van der Waals surface area contributed by atoms with Crippen LogP contribution in [0, 0.1) is 6.92 Å². The first-order valence-corrected chi connectivity index (χ1v) is 9.91. The van der Waals surface area contributed by atoms with E-state index in [2.05, 4.69) is 10.1 Å². The maximum absolute atomic E-state index is 12.6. The van der Waals surface area contributed by atoms with E-state index < -0.39 is 10.0 Å². The molecule has 136 valence electrons. The molecule has 0 N–H and O–H groups in total. The first-order chi connectivity index (χ1) is 12.3. The van der Waals surface area contributed by atoms with Gasteiger partial charge in [0.05, 0.1) is 12.3 Å². The molecule has 0 unspecified atom stereocenters. The Morgan fingerprint density at radius 2 is 1.92 bits per heavy atom. The number of sulfonamides is 1. The van der Waals surface area contributed by atoms with Gasteiger partial charge in [0.15, 0.2) is 0 Å². The quantitative estimate of drug-likeness (QED) is 0.640. The molecule has 0 aliphatic rings. The van der Waals surface area contributed by atoms with Gasteiger partial charge in [0.2, 0.25) is 21.7 Å². The average molecular weight is 392 g/mol. The normalized spacial score (nSPS) is 11.8. The Kier molecular flexibility index (Phi) is 5.41. The van der Waals surface area contributed by atoms with Crippen LogP contribution in [0.3, 0.4) is 0 Å². The van der Waals surface area contributed by atoms with Crippen LogP contribution in [0.5, 0.6) is 0 Å². The molecule has 0 amide bonds. The van der Waals surface area contributed by atoms with Gasteiger partial charge >= 0.3 is 0 Å². The molecule has 3 aromatic rings. The van der Waals surface area contributed by atoms with Crippen LogP contribution in [-0.4, -0.2) is 29.9 Å². The smallest absolute Gasteiger partial charge is 0.242 e. The van der Waals surface area contributed by atoms with E-state index >= 15 is 0 Å². The van der Waals surface area contributed by atoms with Gasteiger partial charge in [-0.2, -0.15) is 9.29 Å². The van der Waals surface area contributed by atoms with Gasteiger partial charge in [-0.1, -0.05) is 53.2 Å². The minimum atomic E-state index is -3.51. The highest BCUT2D eigenvalue weighted by Crippen LogP contribution is 2.21. The van der Waals surface area contributed by atoms with Gasteiger partial charge in [-0.05, 0) is 30.2 Å². The molecule has 0 aliphatic heterocycles. The van der Waals surface area contributed by atoms with Gasteiger partial charge in [0.1, 0.15) is 0 Å². The first kappa shape index (κ1) is 18.6. The van der Waals surface area contributed by atoms with E-state index in [9.17, 15) is 8.42 Å². The largest absolute Gasteiger partial charge is 0.338 e. The number of aryl methyl sites for hydroxylation is 1. The Balaban J connectivity index is 1.73. The maximum Gasteiger partial charge on any atom is 0.242 e. The predicted molar refractivity (Wildman–Crippen MR) is 100 cm³/mol. The summed E-state index contributed by atoms with van der Waals surface area (Å²) in [5.74, 6) is 0.508. The fourth-order valence-corrected chi connectivity index (χ4v) is 3.87. The molecular formula is C18H18ClN3O3S. The van der Waals surface area contributed by atoms with E-state index in [1.807, 2.05) is 31.2 Å². The lowest BCUT2D eigenvalue weighted by Gasteiger charge is -2.15. The van der Waals surface area contributed by atoms with Gasteiger partial charge in [0.25, 0.3) is 0 Å². The molecule has 8 heteroatoms. The van der Waals surface area contributed by atoms with Crippen LogP contribution in [0.15, 0.2) is 53.1 Å². The summed E-state index contributed by atoms with van der Waals surface area (Å²) in [7, 11) is -2.01. The molecule has 0 saturated heterocycles. The molecule has 2 aromatic carbocycles. The summed E-state index contributed by atoms with van der Waals surface area (Å²) in [6.45, 7) is 1.89. The fourth-order valence-electron chi connectivity index (χ4n) is 2.43. The summed E-state index contributed by atoms with van der Waals surface area (Å²) in [5, 5.41) is 4.46. The lowest BCUT2D eigenvalue weighted by molar-refractivity contribution is 0.336. The average Bonchev–Trinajstić information content (AvgIpc) is 3.05. The maximum atomic E-state index is 12.6. The summed E-state index contributed by atoms with van der Waals surface area (Å²) in [5.41, 5.74) is 2.41. The second-order valence-corrected chi connectivity index (χ2v) is 8.47. The molecular weight excluding hydrogens is 374 g/mol. The monoisotopic (exact) mass is 391 g/mol. The van der Waals surface area contributed by atoms with Crippen LogP contribution in [-0.2, 0) is 22.3 Å². The van der Waals surface area contributed by atoms with Crippen molar-refractivity contribution in [1.82, 2.24) is 14.4 Å². The molecule has 0 spiro atoms. The SMILES string of the molecule is Cc1ccccc1CS(=O)(=O)N(C)Cc1nc(-c2cccc(Cl)c2)no1. The molecule has 26 heavy (non-hydrogen) atoms. The van der Waals surface area contributed by atoms with E-state index in [0.29, 0.717) is 16.4 Å². The number of rotatable bonds is 6. The van der Waals surface area contributed by atoms with Crippen LogP contribution in [0.25, 0.3) is 11.4 Å². The van der Waals surface area contributed by atoms with E-state index in [1.54, 1.807) is 24.3 Å². The summed E-state index contributed by atoms with van der Waals surface area (Å²) in [6, 6.07) is 14.5. The van der Waals surface area contributed by atoms with Gasteiger partial charge in [-0.3, -0.25) is 0 Å². The van der Waals surface area contributed by atoms with Crippen molar-refractivity contribution >= 4 is 21.6 Å². The number of hydrogen-bond acceptors (Lipinski definition) is 5. The zero-order valence-electron chi connectivity index (χ0n) is 14.4. The zero-order chi connectivity index (χ0) is 18.7. The third-order valence-electron chi connectivity index (χ3n) is 3.98. The van der Waals surface area contributed by atoms with E-state index in [1.165, 1.54) is 11.4 Å². The summed E-state index contributed by atoms with van der Waals surface area (Å²) < 4.78 is 31.6. The molecule has 0 aliphatic carbocycles. The van der Waals surface area contributed by atoms with Crippen molar-refractivity contribution in [2.45, 2.75) is 19.2 Å². The van der Waals surface area contributed by atoms with Gasteiger partial charge < -0.3 is 4.52 Å². The van der Waals surface area contributed by atoms with E-state index in [4.69, 9.17) is 16.1 Å². The van der Waals surface area contributed by atoms with Gasteiger partial charge in [-0.25, -0.2) is 8.42 Å². The fraction of sp³-hybridized carbons (Fsp3) is 0.222. The number of hydrogen-bond donors (Lipinski definition) is 0. The molecule has 0 atom stereocenters. The van der Waals surface area contributed by atoms with E-state index in [-0.39, 0.29) is 18.2 Å². The molecule has 1 heterocycles. The third-order valence-corrected chi connectivity index (χ3v) is 5.97. The van der Waals surface area contributed by atoms with Crippen LogP contribution >= 0.6 is 11.6 Å². The molecule has 0 saturated carbocycles. The Hall–Kier alpha value is -2.22. The number of nitrogens with zero attached hydrogens (tertiary/aromatic N) is 3. The molecule has 0 bridgehead atoms. The standard InChI is InChI=1S/C18H18ClN3O3S/c1-13-6-3-4-7-15(13)12-26(23,24)22(2)11-17-20-18(21-25-17)14-8-5-9-16(19)10-14/h3-10H,11-12H2,1-2H3. The van der Waals surface area contributed by atoms with Crippen molar-refractivity contribution in [1.29, 1.82) is 0 Å². The highest BCUT2D eigenvalue weighted by molar-refractivity contribution is 7.88. The van der Waals surface area contributed by atoms with Crippen molar-refractivity contribution in [2.75, 3.05) is 7.05 Å². The van der Waals surface area contributed by atoms with Crippen LogP contribution in [0.1, 0.15) is 17.0 Å². The van der Waals surface area contributed by atoms with Crippen LogP contribution in [0.2, 0.25) is 5.02 Å². The Morgan fingerprint density at radius 3 is 2.65 bits per heavy atom.